The first-order valence-electron chi connectivity index (χ1n) is 13.7. The molecule has 44 heavy (non-hydrogen) atoms. The van der Waals surface area contributed by atoms with Gasteiger partial charge < -0.3 is 8.92 Å². The zero-order chi connectivity index (χ0) is 30.8. The van der Waals surface area contributed by atoms with Gasteiger partial charge in [0.15, 0.2) is 5.82 Å². The van der Waals surface area contributed by atoms with Crippen LogP contribution in [0.3, 0.4) is 0 Å². The van der Waals surface area contributed by atoms with Gasteiger partial charge in [-0.05, 0) is 54.8 Å². The number of carbonyl (C=O) groups is 1. The van der Waals surface area contributed by atoms with Crippen molar-refractivity contribution in [3.63, 3.8) is 0 Å². The Kier molecular flexibility index (Phi) is 7.58. The molecule has 4 aromatic carbocycles. The Labute approximate surface area is 251 Å². The van der Waals surface area contributed by atoms with Crippen LogP contribution in [0.1, 0.15) is 28.4 Å². The van der Waals surface area contributed by atoms with E-state index in [9.17, 15) is 18.0 Å². The molecule has 11 nitrogen and oxygen atoms in total. The summed E-state index contributed by atoms with van der Waals surface area (Å²) in [6.45, 7) is 4.24. The van der Waals surface area contributed by atoms with E-state index in [-0.39, 0.29) is 23.0 Å². The van der Waals surface area contributed by atoms with Gasteiger partial charge >= 0.3 is 21.8 Å². The van der Waals surface area contributed by atoms with Gasteiger partial charge in [-0.3, -0.25) is 14.1 Å². The smallest absolute Gasteiger partial charge is 0.439 e. The summed E-state index contributed by atoms with van der Waals surface area (Å²) in [7, 11) is -4.36. The Morgan fingerprint density at radius 2 is 1.66 bits per heavy atom. The van der Waals surface area contributed by atoms with Crippen LogP contribution in [0.4, 0.5) is 0 Å². The number of aromatic amines is 1. The molecule has 0 atom stereocenters. The van der Waals surface area contributed by atoms with E-state index in [0.717, 1.165) is 22.3 Å². The number of nitrogens with zero attached hydrogens (tertiary/aromatic N) is 3. The van der Waals surface area contributed by atoms with Crippen molar-refractivity contribution in [1.29, 1.82) is 0 Å². The summed E-state index contributed by atoms with van der Waals surface area (Å²) in [5.41, 5.74) is 5.00. The number of fused-ring (bicyclic) bond motifs is 1. The molecule has 0 bridgehead atoms. The SMILES string of the molecule is CCOc1nc2cccc(C(=O)OS(=O)(=O)c3ccc(C)cc3)c2n1Cc1ccc(-c2ccccc2-c2noc(=O)[nH]2)cc1. The van der Waals surface area contributed by atoms with E-state index >= 15 is 0 Å². The number of aryl methyl sites for hydroxylation is 1. The van der Waals surface area contributed by atoms with Gasteiger partial charge in [-0.15, -0.1) is 0 Å². The molecule has 0 aliphatic rings. The normalized spacial score (nSPS) is 11.5. The molecule has 0 fully saturated rings. The zero-order valence-corrected chi connectivity index (χ0v) is 24.5. The van der Waals surface area contributed by atoms with Gasteiger partial charge in [-0.25, -0.2) is 9.59 Å². The molecule has 0 amide bonds. The summed E-state index contributed by atoms with van der Waals surface area (Å²) in [5.74, 6) is -1.35. The van der Waals surface area contributed by atoms with Crippen LogP contribution in [0.25, 0.3) is 33.5 Å². The molecule has 2 aromatic heterocycles. The maximum Gasteiger partial charge on any atom is 0.439 e. The van der Waals surface area contributed by atoms with Gasteiger partial charge in [0.25, 0.3) is 6.01 Å². The minimum Gasteiger partial charge on any atom is -0.465 e. The summed E-state index contributed by atoms with van der Waals surface area (Å²) < 4.78 is 43.1. The van der Waals surface area contributed by atoms with Gasteiger partial charge in [0.2, 0.25) is 0 Å². The molecule has 6 rings (SSSR count). The van der Waals surface area contributed by atoms with E-state index in [1.807, 2.05) is 62.4 Å². The van der Waals surface area contributed by atoms with Gasteiger partial charge in [0.1, 0.15) is 4.90 Å². The second-order valence-corrected chi connectivity index (χ2v) is 11.5. The Balaban J connectivity index is 1.34. The highest BCUT2D eigenvalue weighted by Crippen LogP contribution is 2.31. The number of hydrogen-bond donors (Lipinski definition) is 1. The van der Waals surface area contributed by atoms with Crippen molar-refractivity contribution in [2.45, 2.75) is 25.3 Å². The third-order valence-electron chi connectivity index (χ3n) is 6.95. The summed E-state index contributed by atoms with van der Waals surface area (Å²) in [6.07, 6.45) is 0. The molecule has 0 aliphatic carbocycles. The molecule has 0 spiro atoms. The van der Waals surface area contributed by atoms with E-state index in [1.165, 1.54) is 18.2 Å². The molecular weight excluding hydrogens is 584 g/mol. The van der Waals surface area contributed by atoms with Crippen LogP contribution in [-0.2, 0) is 20.8 Å². The molecule has 12 heteroatoms. The summed E-state index contributed by atoms with van der Waals surface area (Å²) in [4.78, 5) is 31.9. The number of imidazole rings is 1. The highest BCUT2D eigenvalue weighted by atomic mass is 32.2. The number of benzene rings is 4. The maximum absolute atomic E-state index is 13.3. The fraction of sp³-hybridized carbons (Fsp3) is 0.125. The van der Waals surface area contributed by atoms with Crippen molar-refractivity contribution >= 4 is 27.1 Å². The zero-order valence-electron chi connectivity index (χ0n) is 23.7. The van der Waals surface area contributed by atoms with Crippen molar-refractivity contribution < 1.29 is 26.7 Å². The Morgan fingerprint density at radius 3 is 2.34 bits per heavy atom. The fourth-order valence-corrected chi connectivity index (χ4v) is 5.73. The van der Waals surface area contributed by atoms with Gasteiger partial charge in [-0.2, -0.15) is 13.4 Å². The van der Waals surface area contributed by atoms with Gasteiger partial charge in [0, 0.05) is 5.56 Å². The lowest BCUT2D eigenvalue weighted by Gasteiger charge is -2.13. The van der Waals surface area contributed by atoms with E-state index < -0.39 is 21.8 Å². The monoisotopic (exact) mass is 610 g/mol. The fourth-order valence-electron chi connectivity index (χ4n) is 4.87. The molecule has 222 valence electrons. The number of ether oxygens (including phenoxy) is 1. The van der Waals surface area contributed by atoms with Crippen molar-refractivity contribution in [3.05, 3.63) is 118 Å². The van der Waals surface area contributed by atoms with E-state index in [1.54, 1.807) is 28.8 Å². The maximum atomic E-state index is 13.3. The number of aromatic nitrogens is 4. The van der Waals surface area contributed by atoms with Crippen LogP contribution >= 0.6 is 0 Å². The Hall–Kier alpha value is -5.49. The second kappa shape index (κ2) is 11.7. The standard InChI is InChI=1S/C32H26N4O7S/c1-3-41-31-33-27-10-6-9-26(30(37)43-44(39,40)23-17-11-20(2)12-18-23)28(27)36(31)19-21-13-15-22(16-14-21)24-7-4-5-8-25(24)29-34-32(38)42-35-29/h4-18H,3,19H2,1-2H3,(H,34,35,38). The number of rotatable bonds is 9. The number of para-hydroxylation sites is 1. The lowest BCUT2D eigenvalue weighted by Crippen LogP contribution is -2.15. The topological polar surface area (TPSA) is 146 Å². The van der Waals surface area contributed by atoms with Gasteiger partial charge in [0.05, 0.1) is 29.7 Å². The van der Waals surface area contributed by atoms with E-state index in [2.05, 4.69) is 19.6 Å². The molecule has 0 saturated heterocycles. The van der Waals surface area contributed by atoms with Crippen LogP contribution in [0, 0.1) is 6.92 Å². The van der Waals surface area contributed by atoms with Crippen molar-refractivity contribution in [2.24, 2.45) is 0 Å². The van der Waals surface area contributed by atoms with Crippen molar-refractivity contribution in [3.8, 4) is 28.5 Å². The van der Waals surface area contributed by atoms with Crippen molar-refractivity contribution in [2.75, 3.05) is 6.61 Å². The van der Waals surface area contributed by atoms with E-state index in [0.29, 0.717) is 29.0 Å². The van der Waals surface area contributed by atoms with Gasteiger partial charge in [-0.1, -0.05) is 77.5 Å². The van der Waals surface area contributed by atoms with Crippen LogP contribution < -0.4 is 10.5 Å². The summed E-state index contributed by atoms with van der Waals surface area (Å²) in [6, 6.07) is 26.3. The average molecular weight is 611 g/mol. The highest BCUT2D eigenvalue weighted by molar-refractivity contribution is 7.87. The third kappa shape index (κ3) is 5.62. The molecule has 0 aliphatic heterocycles. The first kappa shape index (κ1) is 28.6. The quantitative estimate of drug-likeness (QED) is 0.214. The molecular formula is C32H26N4O7S. The number of H-pyrrole nitrogens is 1. The van der Waals surface area contributed by atoms with Crippen LogP contribution in [0.2, 0.25) is 0 Å². The average Bonchev–Trinajstić information content (AvgIpc) is 3.61. The van der Waals surface area contributed by atoms with Crippen LogP contribution in [0.15, 0.2) is 105 Å². The molecule has 0 saturated carbocycles. The lowest BCUT2D eigenvalue weighted by molar-refractivity contribution is 0.0748. The van der Waals surface area contributed by atoms with Crippen LogP contribution in [0.5, 0.6) is 6.01 Å². The number of hydrogen-bond acceptors (Lipinski definition) is 9. The molecule has 0 radical (unpaired) electrons. The first-order chi connectivity index (χ1) is 21.2. The third-order valence-corrected chi connectivity index (χ3v) is 8.17. The van der Waals surface area contributed by atoms with Crippen molar-refractivity contribution in [1.82, 2.24) is 19.7 Å². The molecule has 0 unspecified atom stereocenters. The minimum absolute atomic E-state index is 0.0313. The lowest BCUT2D eigenvalue weighted by atomic mass is 9.98. The number of nitrogens with one attached hydrogen (secondary N) is 1. The second-order valence-electron chi connectivity index (χ2n) is 9.91. The molecule has 2 heterocycles. The minimum atomic E-state index is -4.36. The summed E-state index contributed by atoms with van der Waals surface area (Å²) in [5, 5.41) is 3.82. The van der Waals surface area contributed by atoms with Crippen LogP contribution in [-0.4, -0.2) is 40.7 Å². The Bertz CT molecular complexity index is 2150. The summed E-state index contributed by atoms with van der Waals surface area (Å²) >= 11 is 0. The predicted octanol–water partition coefficient (Wildman–Crippen LogP) is 5.35. The largest absolute Gasteiger partial charge is 0.465 e. The molecule has 1 N–H and O–H groups in total. The predicted molar refractivity (Wildman–Crippen MR) is 162 cm³/mol. The first-order valence-corrected chi connectivity index (χ1v) is 15.1. The molecule has 6 aromatic rings. The van der Waals surface area contributed by atoms with E-state index in [4.69, 9.17) is 8.92 Å². The highest BCUT2D eigenvalue weighted by Gasteiger charge is 2.26. The Morgan fingerprint density at radius 1 is 0.932 bits per heavy atom. The number of carbonyl (C=O) groups excluding carboxylic acids is 1.